The molecule has 0 unspecified atom stereocenters. The van der Waals surface area contributed by atoms with Crippen LogP contribution < -0.4 is 5.69 Å². The second-order valence-electron chi connectivity index (χ2n) is 4.22. The molecule has 0 aliphatic carbocycles. The van der Waals surface area contributed by atoms with Crippen LogP contribution in [0.4, 0.5) is 0 Å². The molecule has 2 aromatic rings. The highest BCUT2D eigenvalue weighted by atomic mass is 16.1. The van der Waals surface area contributed by atoms with E-state index < -0.39 is 0 Å². The van der Waals surface area contributed by atoms with Gasteiger partial charge in [0.05, 0.1) is 22.7 Å². The summed E-state index contributed by atoms with van der Waals surface area (Å²) in [5, 5.41) is 8.72. The lowest BCUT2D eigenvalue weighted by molar-refractivity contribution is 0.795. The van der Waals surface area contributed by atoms with Crippen LogP contribution in [0.25, 0.3) is 11.0 Å². The summed E-state index contributed by atoms with van der Waals surface area (Å²) in [6, 6.07) is 7.27. The van der Waals surface area contributed by atoms with Crippen LogP contribution in [0.2, 0.25) is 0 Å². The van der Waals surface area contributed by atoms with Crippen LogP contribution in [0.15, 0.2) is 23.0 Å². The van der Waals surface area contributed by atoms with E-state index in [2.05, 4.69) is 19.9 Å². The Morgan fingerprint density at radius 2 is 1.67 bits per heavy atom. The van der Waals surface area contributed by atoms with Crippen LogP contribution in [0.5, 0.6) is 0 Å². The van der Waals surface area contributed by atoms with Gasteiger partial charge in [0, 0.05) is 14.1 Å². The fourth-order valence-electron chi connectivity index (χ4n) is 1.58. The highest BCUT2D eigenvalue weighted by Gasteiger charge is 2.07. The summed E-state index contributed by atoms with van der Waals surface area (Å²) in [7, 11) is 3.42. The van der Waals surface area contributed by atoms with Gasteiger partial charge in [0.15, 0.2) is 0 Å². The number of aryl methyl sites for hydroxylation is 2. The van der Waals surface area contributed by atoms with E-state index in [1.165, 1.54) is 17.4 Å². The highest BCUT2D eigenvalue weighted by Crippen LogP contribution is 2.12. The Bertz CT molecular complexity index is 627. The van der Waals surface area contributed by atoms with Gasteiger partial charge in [0.25, 0.3) is 0 Å². The third-order valence-corrected chi connectivity index (χ3v) is 2.90. The zero-order chi connectivity index (χ0) is 13.7. The molecule has 0 aliphatic rings. The van der Waals surface area contributed by atoms with E-state index in [1.54, 1.807) is 36.9 Å². The van der Waals surface area contributed by atoms with Crippen LogP contribution in [0.3, 0.4) is 0 Å². The van der Waals surface area contributed by atoms with Crippen molar-refractivity contribution in [3.63, 3.8) is 0 Å². The van der Waals surface area contributed by atoms with E-state index in [0.29, 0.717) is 5.56 Å². The number of hydrogen-bond acceptors (Lipinski definition) is 2. The number of benzene rings is 1. The minimum absolute atomic E-state index is 0.0740. The molecule has 0 amide bonds. The third kappa shape index (κ3) is 2.62. The molecule has 0 saturated heterocycles. The third-order valence-electron chi connectivity index (χ3n) is 2.90. The van der Waals surface area contributed by atoms with E-state index in [-0.39, 0.29) is 5.69 Å². The number of nitriles is 1. The predicted molar refractivity (Wildman–Crippen MR) is 73.5 cm³/mol. The van der Waals surface area contributed by atoms with Gasteiger partial charge in [-0.3, -0.25) is 9.13 Å². The first-order chi connectivity index (χ1) is 8.56. The molecule has 1 aromatic carbocycles. The van der Waals surface area contributed by atoms with Gasteiger partial charge >= 0.3 is 5.69 Å². The predicted octanol–water partition coefficient (Wildman–Crippen LogP) is 2.56. The average molecular weight is 245 g/mol. The Morgan fingerprint density at radius 1 is 1.11 bits per heavy atom. The molecular formula is C14H19N3O. The lowest BCUT2D eigenvalue weighted by atomic mass is 10.2. The molecule has 4 heteroatoms. The standard InChI is InChI=1S/C10H9N3O.C4H10/c1-12-8-4-3-7(6-11)5-9(8)13(2)10(12)14;1-3-4-2/h3-5H,1-2H3;3-4H2,1-2H3. The van der Waals surface area contributed by atoms with E-state index in [1.807, 2.05) is 0 Å². The van der Waals surface area contributed by atoms with Crippen molar-refractivity contribution in [3.05, 3.63) is 34.2 Å². The minimum atomic E-state index is -0.0740. The Kier molecular flexibility index (Phi) is 4.73. The molecule has 0 fully saturated rings. The van der Waals surface area contributed by atoms with Crippen molar-refractivity contribution in [2.75, 3.05) is 0 Å². The molecule has 0 radical (unpaired) electrons. The van der Waals surface area contributed by atoms with Crippen LogP contribution in [-0.4, -0.2) is 9.13 Å². The van der Waals surface area contributed by atoms with Crippen molar-refractivity contribution in [2.45, 2.75) is 26.7 Å². The zero-order valence-electron chi connectivity index (χ0n) is 11.4. The number of fused-ring (bicyclic) bond motifs is 1. The maximum Gasteiger partial charge on any atom is 0.328 e. The Morgan fingerprint density at radius 3 is 2.17 bits per heavy atom. The first-order valence-corrected chi connectivity index (χ1v) is 6.12. The number of aromatic nitrogens is 2. The molecule has 0 spiro atoms. The second-order valence-corrected chi connectivity index (χ2v) is 4.22. The molecule has 1 aromatic heterocycles. The largest absolute Gasteiger partial charge is 0.328 e. The zero-order valence-corrected chi connectivity index (χ0v) is 11.4. The van der Waals surface area contributed by atoms with Crippen molar-refractivity contribution in [1.82, 2.24) is 9.13 Å². The van der Waals surface area contributed by atoms with Gasteiger partial charge in [0.1, 0.15) is 0 Å². The lowest BCUT2D eigenvalue weighted by Crippen LogP contribution is -2.19. The fourth-order valence-corrected chi connectivity index (χ4v) is 1.58. The van der Waals surface area contributed by atoms with Gasteiger partial charge in [0.2, 0.25) is 0 Å². The maximum absolute atomic E-state index is 11.5. The van der Waals surface area contributed by atoms with Gasteiger partial charge in [-0.15, -0.1) is 0 Å². The van der Waals surface area contributed by atoms with Gasteiger partial charge in [-0.2, -0.15) is 5.26 Å². The van der Waals surface area contributed by atoms with E-state index >= 15 is 0 Å². The molecule has 0 bridgehead atoms. The normalized spacial score (nSPS) is 9.72. The molecule has 96 valence electrons. The molecule has 4 nitrogen and oxygen atoms in total. The van der Waals surface area contributed by atoms with Crippen LogP contribution in [0, 0.1) is 11.3 Å². The Balaban J connectivity index is 0.000000357. The highest BCUT2D eigenvalue weighted by molar-refractivity contribution is 5.77. The summed E-state index contributed by atoms with van der Waals surface area (Å²) in [6.07, 6.45) is 2.64. The summed E-state index contributed by atoms with van der Waals surface area (Å²) >= 11 is 0. The first kappa shape index (κ1) is 14.0. The van der Waals surface area contributed by atoms with Crippen molar-refractivity contribution in [2.24, 2.45) is 14.1 Å². The molecule has 2 rings (SSSR count). The molecule has 0 N–H and O–H groups in total. The smallest absolute Gasteiger partial charge is 0.295 e. The molecule has 0 saturated carbocycles. The average Bonchev–Trinajstić information content (AvgIpc) is 2.63. The van der Waals surface area contributed by atoms with Crippen LogP contribution in [0.1, 0.15) is 32.3 Å². The lowest BCUT2D eigenvalue weighted by Gasteiger charge is -1.94. The monoisotopic (exact) mass is 245 g/mol. The molecule has 18 heavy (non-hydrogen) atoms. The van der Waals surface area contributed by atoms with Crippen molar-refractivity contribution in [1.29, 1.82) is 5.26 Å². The van der Waals surface area contributed by atoms with Crippen molar-refractivity contribution >= 4 is 11.0 Å². The fraction of sp³-hybridized carbons (Fsp3) is 0.429. The first-order valence-electron chi connectivity index (χ1n) is 6.12. The van der Waals surface area contributed by atoms with Gasteiger partial charge < -0.3 is 0 Å². The number of imidazole rings is 1. The van der Waals surface area contributed by atoms with E-state index in [0.717, 1.165) is 11.0 Å². The summed E-state index contributed by atoms with van der Waals surface area (Å²) < 4.78 is 3.10. The summed E-state index contributed by atoms with van der Waals surface area (Å²) in [5.74, 6) is 0. The summed E-state index contributed by atoms with van der Waals surface area (Å²) in [4.78, 5) is 11.5. The number of unbranched alkanes of at least 4 members (excludes halogenated alkanes) is 1. The van der Waals surface area contributed by atoms with Crippen LogP contribution in [-0.2, 0) is 14.1 Å². The minimum Gasteiger partial charge on any atom is -0.295 e. The molecular weight excluding hydrogens is 226 g/mol. The quantitative estimate of drug-likeness (QED) is 0.775. The maximum atomic E-state index is 11.5. The topological polar surface area (TPSA) is 50.7 Å². The van der Waals surface area contributed by atoms with Crippen LogP contribution >= 0.6 is 0 Å². The van der Waals surface area contributed by atoms with E-state index in [9.17, 15) is 4.79 Å². The SMILES string of the molecule is CCCC.Cn1c(=O)n(C)c2cc(C#N)ccc21. The molecule has 0 aliphatic heterocycles. The van der Waals surface area contributed by atoms with Crippen molar-refractivity contribution in [3.8, 4) is 6.07 Å². The molecule has 0 atom stereocenters. The van der Waals surface area contributed by atoms with Gasteiger partial charge in [-0.1, -0.05) is 26.7 Å². The summed E-state index contributed by atoms with van der Waals surface area (Å²) in [5.41, 5.74) is 2.13. The Labute approximate surface area is 107 Å². The van der Waals surface area contributed by atoms with Crippen molar-refractivity contribution < 1.29 is 0 Å². The molecule has 1 heterocycles. The van der Waals surface area contributed by atoms with E-state index in [4.69, 9.17) is 5.26 Å². The summed E-state index contributed by atoms with van der Waals surface area (Å²) in [6.45, 7) is 4.36. The number of hydrogen-bond donors (Lipinski definition) is 0. The second kappa shape index (κ2) is 6.06. The number of nitrogens with zero attached hydrogens (tertiary/aromatic N) is 3. The Hall–Kier alpha value is -2.02. The van der Waals surface area contributed by atoms with Gasteiger partial charge in [-0.05, 0) is 18.2 Å². The van der Waals surface area contributed by atoms with Gasteiger partial charge in [-0.25, -0.2) is 4.79 Å². The number of rotatable bonds is 1.